The molecule has 1 aliphatic heterocycles. The summed E-state index contributed by atoms with van der Waals surface area (Å²) in [5.41, 5.74) is 0. The maximum atomic E-state index is 3.64. The molecule has 0 aromatic carbocycles. The van der Waals surface area contributed by atoms with E-state index in [1.807, 2.05) is 0 Å². The van der Waals surface area contributed by atoms with E-state index in [4.69, 9.17) is 0 Å². The number of hydrogen-bond acceptors (Lipinski definition) is 3. The second-order valence-electron chi connectivity index (χ2n) is 4.43. The summed E-state index contributed by atoms with van der Waals surface area (Å²) in [6, 6.07) is 1.45. The van der Waals surface area contributed by atoms with Crippen LogP contribution in [0.2, 0.25) is 0 Å². The largest absolute Gasteiger partial charge is 0.311 e. The predicted octanol–water partition coefficient (Wildman–Crippen LogP) is 2.20. The average Bonchev–Trinajstić information content (AvgIpc) is 2.23. The number of piperazine rings is 1. The Balaban J connectivity index is 2.26. The van der Waals surface area contributed by atoms with Crippen LogP contribution < -0.4 is 5.32 Å². The van der Waals surface area contributed by atoms with E-state index in [9.17, 15) is 0 Å². The fraction of sp³-hybridized carbons (Fsp3) is 1.00. The van der Waals surface area contributed by atoms with E-state index in [2.05, 4.69) is 42.7 Å². The SMILES string of the molecule is CCCC1CN(CCSCC)C(C)CN1. The zero-order valence-electron chi connectivity index (χ0n) is 10.5. The molecule has 2 unspecified atom stereocenters. The summed E-state index contributed by atoms with van der Waals surface area (Å²) >= 11 is 2.06. The second-order valence-corrected chi connectivity index (χ2v) is 5.83. The molecule has 1 heterocycles. The van der Waals surface area contributed by atoms with Crippen LogP contribution >= 0.6 is 11.8 Å². The third-order valence-corrected chi connectivity index (χ3v) is 4.02. The fourth-order valence-corrected chi connectivity index (χ4v) is 2.83. The molecule has 1 aliphatic rings. The van der Waals surface area contributed by atoms with Crippen molar-refractivity contribution in [1.82, 2.24) is 10.2 Å². The molecule has 2 atom stereocenters. The van der Waals surface area contributed by atoms with Crippen molar-refractivity contribution in [2.75, 3.05) is 31.1 Å². The van der Waals surface area contributed by atoms with Gasteiger partial charge < -0.3 is 5.32 Å². The topological polar surface area (TPSA) is 15.3 Å². The van der Waals surface area contributed by atoms with Gasteiger partial charge in [-0.05, 0) is 19.1 Å². The Morgan fingerprint density at radius 3 is 2.87 bits per heavy atom. The molecule has 1 N–H and O–H groups in total. The lowest BCUT2D eigenvalue weighted by atomic mass is 10.1. The number of thioether (sulfide) groups is 1. The highest BCUT2D eigenvalue weighted by atomic mass is 32.2. The molecule has 2 nitrogen and oxygen atoms in total. The van der Waals surface area contributed by atoms with Crippen LogP contribution in [0.3, 0.4) is 0 Å². The molecule has 15 heavy (non-hydrogen) atoms. The van der Waals surface area contributed by atoms with Gasteiger partial charge in [-0.2, -0.15) is 11.8 Å². The number of nitrogens with zero attached hydrogens (tertiary/aromatic N) is 1. The van der Waals surface area contributed by atoms with Gasteiger partial charge in [-0.3, -0.25) is 4.90 Å². The molecule has 0 aliphatic carbocycles. The predicted molar refractivity (Wildman–Crippen MR) is 70.7 cm³/mol. The van der Waals surface area contributed by atoms with E-state index in [0.29, 0.717) is 0 Å². The standard InChI is InChI=1S/C12H26N2S/c1-4-6-12-10-14(7-8-15-5-2)11(3)9-13-12/h11-13H,4-10H2,1-3H3. The normalized spacial score (nSPS) is 28.2. The lowest BCUT2D eigenvalue weighted by Crippen LogP contribution is -2.55. The van der Waals surface area contributed by atoms with E-state index >= 15 is 0 Å². The molecule has 1 saturated heterocycles. The van der Waals surface area contributed by atoms with Crippen LogP contribution in [0.5, 0.6) is 0 Å². The van der Waals surface area contributed by atoms with Crippen LogP contribution in [0, 0.1) is 0 Å². The van der Waals surface area contributed by atoms with Crippen molar-refractivity contribution in [1.29, 1.82) is 0 Å². The number of hydrogen-bond donors (Lipinski definition) is 1. The summed E-state index contributed by atoms with van der Waals surface area (Å²) in [6.07, 6.45) is 2.62. The van der Waals surface area contributed by atoms with E-state index in [1.54, 1.807) is 0 Å². The Hall–Kier alpha value is 0.270. The van der Waals surface area contributed by atoms with E-state index < -0.39 is 0 Å². The Labute approximate surface area is 99.2 Å². The smallest absolute Gasteiger partial charge is 0.0195 e. The minimum absolute atomic E-state index is 0.718. The number of rotatable bonds is 6. The molecule has 0 aromatic rings. The van der Waals surface area contributed by atoms with E-state index in [0.717, 1.165) is 12.1 Å². The second kappa shape index (κ2) is 7.53. The first kappa shape index (κ1) is 13.3. The van der Waals surface area contributed by atoms with Crippen molar-refractivity contribution >= 4 is 11.8 Å². The summed E-state index contributed by atoms with van der Waals surface area (Å²) < 4.78 is 0. The van der Waals surface area contributed by atoms with Crippen LogP contribution in [-0.4, -0.2) is 48.1 Å². The average molecular weight is 230 g/mol. The van der Waals surface area contributed by atoms with Crippen LogP contribution in [-0.2, 0) is 0 Å². The van der Waals surface area contributed by atoms with Crippen molar-refractivity contribution in [3.8, 4) is 0 Å². The Bertz CT molecular complexity index is 164. The molecular weight excluding hydrogens is 204 g/mol. The van der Waals surface area contributed by atoms with Crippen molar-refractivity contribution in [2.45, 2.75) is 45.7 Å². The molecule has 0 bridgehead atoms. The third kappa shape index (κ3) is 4.75. The van der Waals surface area contributed by atoms with Gasteiger partial charge in [0, 0.05) is 37.5 Å². The lowest BCUT2D eigenvalue weighted by molar-refractivity contribution is 0.145. The zero-order valence-corrected chi connectivity index (χ0v) is 11.3. The van der Waals surface area contributed by atoms with Crippen molar-refractivity contribution in [2.24, 2.45) is 0 Å². The van der Waals surface area contributed by atoms with Crippen molar-refractivity contribution in [3.05, 3.63) is 0 Å². The Kier molecular flexibility index (Phi) is 6.69. The molecular formula is C12H26N2S. The molecule has 0 spiro atoms. The highest BCUT2D eigenvalue weighted by Gasteiger charge is 2.23. The molecule has 0 aromatic heterocycles. The number of nitrogens with one attached hydrogen (secondary N) is 1. The molecule has 0 saturated carbocycles. The highest BCUT2D eigenvalue weighted by Crippen LogP contribution is 2.11. The van der Waals surface area contributed by atoms with E-state index in [1.165, 1.54) is 44.0 Å². The minimum atomic E-state index is 0.718. The minimum Gasteiger partial charge on any atom is -0.311 e. The molecule has 0 amide bonds. The molecule has 3 heteroatoms. The summed E-state index contributed by atoms with van der Waals surface area (Å²) in [5, 5.41) is 3.64. The summed E-state index contributed by atoms with van der Waals surface area (Å²) in [7, 11) is 0. The van der Waals surface area contributed by atoms with Crippen LogP contribution in [0.25, 0.3) is 0 Å². The molecule has 1 rings (SSSR count). The van der Waals surface area contributed by atoms with Gasteiger partial charge in [0.25, 0.3) is 0 Å². The monoisotopic (exact) mass is 230 g/mol. The highest BCUT2D eigenvalue weighted by molar-refractivity contribution is 7.99. The van der Waals surface area contributed by atoms with Crippen molar-refractivity contribution < 1.29 is 0 Å². The van der Waals surface area contributed by atoms with Gasteiger partial charge in [0.1, 0.15) is 0 Å². The van der Waals surface area contributed by atoms with E-state index in [-0.39, 0.29) is 0 Å². The maximum absolute atomic E-state index is 3.64. The summed E-state index contributed by atoms with van der Waals surface area (Å²) in [6.45, 7) is 10.5. The van der Waals surface area contributed by atoms with Gasteiger partial charge in [0.2, 0.25) is 0 Å². The summed E-state index contributed by atoms with van der Waals surface area (Å²) in [4.78, 5) is 2.65. The molecule has 0 radical (unpaired) electrons. The van der Waals surface area contributed by atoms with Gasteiger partial charge >= 0.3 is 0 Å². The van der Waals surface area contributed by atoms with Gasteiger partial charge in [0.15, 0.2) is 0 Å². The fourth-order valence-electron chi connectivity index (χ4n) is 2.17. The first-order valence-electron chi connectivity index (χ1n) is 6.33. The summed E-state index contributed by atoms with van der Waals surface area (Å²) in [5.74, 6) is 2.54. The lowest BCUT2D eigenvalue weighted by Gasteiger charge is -2.38. The first-order valence-corrected chi connectivity index (χ1v) is 7.48. The Morgan fingerprint density at radius 2 is 2.20 bits per heavy atom. The third-order valence-electron chi connectivity index (χ3n) is 3.14. The Morgan fingerprint density at radius 1 is 1.40 bits per heavy atom. The van der Waals surface area contributed by atoms with Crippen LogP contribution in [0.15, 0.2) is 0 Å². The zero-order chi connectivity index (χ0) is 11.1. The quantitative estimate of drug-likeness (QED) is 0.704. The van der Waals surface area contributed by atoms with Gasteiger partial charge in [-0.1, -0.05) is 20.3 Å². The first-order chi connectivity index (χ1) is 7.27. The maximum Gasteiger partial charge on any atom is 0.0195 e. The molecule has 90 valence electrons. The van der Waals surface area contributed by atoms with Gasteiger partial charge in [-0.15, -0.1) is 0 Å². The van der Waals surface area contributed by atoms with Crippen LogP contribution in [0.4, 0.5) is 0 Å². The van der Waals surface area contributed by atoms with Gasteiger partial charge in [0.05, 0.1) is 0 Å². The van der Waals surface area contributed by atoms with Crippen LogP contribution in [0.1, 0.15) is 33.6 Å². The van der Waals surface area contributed by atoms with Gasteiger partial charge in [-0.25, -0.2) is 0 Å². The molecule has 1 fully saturated rings. The van der Waals surface area contributed by atoms with Crippen molar-refractivity contribution in [3.63, 3.8) is 0 Å².